The van der Waals surface area contributed by atoms with Crippen molar-refractivity contribution in [1.29, 1.82) is 0 Å². The number of benzene rings is 1. The van der Waals surface area contributed by atoms with Gasteiger partial charge in [0.2, 0.25) is 0 Å². The Morgan fingerprint density at radius 1 is 0.944 bits per heavy atom. The fourth-order valence-corrected chi connectivity index (χ4v) is 8.06. The van der Waals surface area contributed by atoms with Crippen LogP contribution in [0, 0.1) is 41.4 Å². The average Bonchev–Trinajstić information content (AvgIpc) is 3.11. The molecule has 1 nitrogen and oxygen atoms in total. The Labute approximate surface area is 108 Å². The molecule has 0 spiro atoms. The van der Waals surface area contributed by atoms with E-state index in [1.807, 2.05) is 0 Å². The molecule has 1 aromatic rings. The van der Waals surface area contributed by atoms with Crippen LogP contribution in [0.1, 0.15) is 18.4 Å². The summed E-state index contributed by atoms with van der Waals surface area (Å²) in [5, 5.41) is 0. The summed E-state index contributed by atoms with van der Waals surface area (Å²) in [6, 6.07) is 11.8. The zero-order valence-corrected chi connectivity index (χ0v) is 10.5. The normalized spacial score (nSPS) is 64.7. The van der Waals surface area contributed by atoms with Crippen LogP contribution >= 0.6 is 0 Å². The largest absolute Gasteiger partial charge is 0.327 e. The highest BCUT2D eigenvalue weighted by atomic mass is 15.0. The molecule has 6 aliphatic carbocycles. The summed E-state index contributed by atoms with van der Waals surface area (Å²) in [6.07, 6.45) is 3.04. The van der Waals surface area contributed by atoms with Gasteiger partial charge in [-0.05, 0) is 59.8 Å². The Kier molecular flexibility index (Phi) is 1.23. The van der Waals surface area contributed by atoms with E-state index in [0.29, 0.717) is 11.5 Å². The van der Waals surface area contributed by atoms with Crippen LogP contribution in [-0.4, -0.2) is 6.04 Å². The van der Waals surface area contributed by atoms with Gasteiger partial charge >= 0.3 is 0 Å². The lowest BCUT2D eigenvalue weighted by molar-refractivity contribution is 0.107. The maximum absolute atomic E-state index is 6.81. The van der Waals surface area contributed by atoms with E-state index >= 15 is 0 Å². The maximum Gasteiger partial charge on any atom is 0.0176 e. The molecule has 9 atom stereocenters. The Morgan fingerprint density at radius 3 is 2.61 bits per heavy atom. The van der Waals surface area contributed by atoms with Gasteiger partial charge in [0.25, 0.3) is 0 Å². The van der Waals surface area contributed by atoms with Crippen molar-refractivity contribution in [3.05, 3.63) is 35.9 Å². The lowest BCUT2D eigenvalue weighted by Crippen LogP contribution is -2.46. The lowest BCUT2D eigenvalue weighted by atomic mass is 9.60. The fourth-order valence-electron chi connectivity index (χ4n) is 8.06. The second kappa shape index (κ2) is 2.43. The van der Waals surface area contributed by atoms with Crippen molar-refractivity contribution in [1.82, 2.24) is 0 Å². The van der Waals surface area contributed by atoms with Gasteiger partial charge in [-0.3, -0.25) is 0 Å². The minimum absolute atomic E-state index is 0.402. The van der Waals surface area contributed by atoms with E-state index in [-0.39, 0.29) is 0 Å². The van der Waals surface area contributed by atoms with Gasteiger partial charge in [0.15, 0.2) is 0 Å². The van der Waals surface area contributed by atoms with Crippen LogP contribution in [0.4, 0.5) is 0 Å². The Morgan fingerprint density at radius 2 is 1.78 bits per heavy atom. The van der Waals surface area contributed by atoms with Crippen LogP contribution in [-0.2, 0) is 5.41 Å². The van der Waals surface area contributed by atoms with Crippen LogP contribution in [0.25, 0.3) is 0 Å². The number of nitrogens with two attached hydrogens (primary N) is 1. The second-order valence-electron chi connectivity index (χ2n) is 7.57. The second-order valence-corrected chi connectivity index (χ2v) is 7.57. The first-order valence-electron chi connectivity index (χ1n) is 7.66. The van der Waals surface area contributed by atoms with Crippen molar-refractivity contribution >= 4 is 0 Å². The molecule has 2 N–H and O–H groups in total. The summed E-state index contributed by atoms with van der Waals surface area (Å²) in [6.45, 7) is 0. The van der Waals surface area contributed by atoms with Gasteiger partial charge in [-0.1, -0.05) is 30.3 Å². The van der Waals surface area contributed by atoms with E-state index in [4.69, 9.17) is 5.73 Å². The number of hydrogen-bond donors (Lipinski definition) is 1. The van der Waals surface area contributed by atoms with Crippen LogP contribution in [0.2, 0.25) is 0 Å². The van der Waals surface area contributed by atoms with Crippen molar-refractivity contribution in [2.24, 2.45) is 47.2 Å². The molecule has 0 aromatic heterocycles. The molecule has 6 fully saturated rings. The molecule has 1 aromatic carbocycles. The van der Waals surface area contributed by atoms with Gasteiger partial charge < -0.3 is 5.73 Å². The quantitative estimate of drug-likeness (QED) is 0.797. The molecule has 0 radical (unpaired) electrons. The smallest absolute Gasteiger partial charge is 0.0176 e. The van der Waals surface area contributed by atoms with Crippen LogP contribution in [0.5, 0.6) is 0 Å². The summed E-state index contributed by atoms with van der Waals surface area (Å²) < 4.78 is 0. The summed E-state index contributed by atoms with van der Waals surface area (Å²) in [5.74, 6) is 6.94. The average molecular weight is 237 g/mol. The molecule has 0 amide bonds. The molecule has 0 heterocycles. The molecule has 0 saturated heterocycles. The van der Waals surface area contributed by atoms with Gasteiger partial charge in [-0.15, -0.1) is 0 Å². The Bertz CT molecular complexity index is 552. The van der Waals surface area contributed by atoms with Crippen molar-refractivity contribution < 1.29 is 0 Å². The van der Waals surface area contributed by atoms with E-state index < -0.39 is 0 Å². The molecule has 0 aliphatic heterocycles. The standard InChI is InChI=1S/C17H19N/c18-16-14-11-6-9-10-7-12(13(9)14)17(16,15(10)11)8-4-2-1-3-5-8/h1-5,9-16H,6-7,18H2/t9-,10-,11-,12+,13-,14?,15?,16+,17-/m0/s1. The Balaban J connectivity index is 1.68. The van der Waals surface area contributed by atoms with E-state index in [9.17, 15) is 0 Å². The first-order chi connectivity index (χ1) is 8.85. The molecule has 92 valence electrons. The fraction of sp³-hybridized carbons (Fsp3) is 0.647. The van der Waals surface area contributed by atoms with E-state index in [1.165, 1.54) is 12.8 Å². The summed E-state index contributed by atoms with van der Waals surface area (Å²) >= 11 is 0. The van der Waals surface area contributed by atoms with E-state index in [2.05, 4.69) is 30.3 Å². The molecule has 2 unspecified atom stereocenters. The monoisotopic (exact) mass is 237 g/mol. The van der Waals surface area contributed by atoms with Gasteiger partial charge in [0, 0.05) is 11.5 Å². The molecule has 6 aliphatic rings. The van der Waals surface area contributed by atoms with Crippen molar-refractivity contribution in [2.75, 3.05) is 0 Å². The molecule has 6 saturated carbocycles. The van der Waals surface area contributed by atoms with E-state index in [1.54, 1.807) is 5.56 Å². The molecule has 1 heteroatoms. The lowest BCUT2D eigenvalue weighted by Gasteiger charge is -2.43. The first-order valence-corrected chi connectivity index (χ1v) is 7.66. The van der Waals surface area contributed by atoms with Gasteiger partial charge in [0.05, 0.1) is 0 Å². The van der Waals surface area contributed by atoms with Gasteiger partial charge in [-0.25, -0.2) is 0 Å². The van der Waals surface area contributed by atoms with Crippen molar-refractivity contribution in [3.63, 3.8) is 0 Å². The summed E-state index contributed by atoms with van der Waals surface area (Å²) in [4.78, 5) is 0. The molecular formula is C17H19N. The molecule has 7 rings (SSSR count). The minimum Gasteiger partial charge on any atom is -0.327 e. The summed E-state index contributed by atoms with van der Waals surface area (Å²) in [7, 11) is 0. The first kappa shape index (κ1) is 9.14. The zero-order chi connectivity index (χ0) is 11.6. The number of rotatable bonds is 1. The molecule has 18 heavy (non-hydrogen) atoms. The third-order valence-corrected chi connectivity index (χ3v) is 7.85. The van der Waals surface area contributed by atoms with E-state index in [0.717, 1.165) is 41.4 Å². The Hall–Kier alpha value is -0.820. The zero-order valence-electron chi connectivity index (χ0n) is 10.5. The van der Waals surface area contributed by atoms with Gasteiger partial charge in [0.1, 0.15) is 0 Å². The van der Waals surface area contributed by atoms with Crippen molar-refractivity contribution in [2.45, 2.75) is 24.3 Å². The predicted octanol–water partition coefficient (Wildman–Crippen LogP) is 2.41. The highest BCUT2D eigenvalue weighted by Gasteiger charge is 2.85. The third-order valence-electron chi connectivity index (χ3n) is 7.85. The van der Waals surface area contributed by atoms with Crippen LogP contribution in [0.15, 0.2) is 30.3 Å². The van der Waals surface area contributed by atoms with Crippen molar-refractivity contribution in [3.8, 4) is 0 Å². The summed E-state index contributed by atoms with van der Waals surface area (Å²) in [5.41, 5.74) is 8.80. The number of hydrogen-bond acceptors (Lipinski definition) is 1. The maximum atomic E-state index is 6.81. The third kappa shape index (κ3) is 0.602. The van der Waals surface area contributed by atoms with Gasteiger partial charge in [-0.2, -0.15) is 0 Å². The predicted molar refractivity (Wildman–Crippen MR) is 69.8 cm³/mol. The van der Waals surface area contributed by atoms with Crippen LogP contribution < -0.4 is 5.73 Å². The molecule has 6 bridgehead atoms. The minimum atomic E-state index is 0.402. The highest BCUT2D eigenvalue weighted by molar-refractivity contribution is 5.46. The highest BCUT2D eigenvalue weighted by Crippen LogP contribution is 2.86. The van der Waals surface area contributed by atoms with Crippen LogP contribution in [0.3, 0.4) is 0 Å². The SMILES string of the molecule is N[C@@H]1C2[C@@H]3C[C@@H]4[C@H]2[C@H]2C[C@@H]4C3[C@@]12c1ccccc1. The topological polar surface area (TPSA) is 26.0 Å². The molecular weight excluding hydrogens is 218 g/mol.